The van der Waals surface area contributed by atoms with Crippen molar-refractivity contribution in [1.82, 2.24) is 5.43 Å². The lowest BCUT2D eigenvalue weighted by Crippen LogP contribution is -3.00. The summed E-state index contributed by atoms with van der Waals surface area (Å²) in [6.07, 6.45) is 2.26. The van der Waals surface area contributed by atoms with Crippen LogP contribution in [0.4, 0.5) is 0 Å². The third kappa shape index (κ3) is 6.64. The van der Waals surface area contributed by atoms with Gasteiger partial charge in [0.2, 0.25) is 0 Å². The van der Waals surface area contributed by atoms with Crippen LogP contribution in [0.1, 0.15) is 21.5 Å². The molecule has 0 atom stereocenters. The molecule has 7 heteroatoms. The Kier molecular flexibility index (Phi) is 10.7. The molecule has 0 fully saturated rings. The Hall–Kier alpha value is -4.28. The van der Waals surface area contributed by atoms with Crippen LogP contribution in [0, 0.1) is 0 Å². The van der Waals surface area contributed by atoms with E-state index < -0.39 is 7.26 Å². The molecule has 0 unspecified atom stereocenters. The van der Waals surface area contributed by atoms with E-state index in [0.717, 1.165) is 11.7 Å². The third-order valence-corrected chi connectivity index (χ3v) is 10.9. The summed E-state index contributed by atoms with van der Waals surface area (Å²) in [7, 11) is -2.09. The molecule has 40 heavy (non-hydrogen) atoms. The molecule has 5 aromatic rings. The van der Waals surface area contributed by atoms with Crippen molar-refractivity contribution < 1.29 is 27.8 Å². The van der Waals surface area contributed by atoms with Crippen molar-refractivity contribution >= 4 is 35.3 Å². The van der Waals surface area contributed by atoms with Gasteiger partial charge in [0.25, 0.3) is 5.91 Å². The predicted molar refractivity (Wildman–Crippen MR) is 162 cm³/mol. The van der Waals surface area contributed by atoms with Crippen LogP contribution in [0.5, 0.6) is 5.75 Å². The van der Waals surface area contributed by atoms with Crippen LogP contribution in [-0.4, -0.2) is 22.7 Å². The summed E-state index contributed by atoms with van der Waals surface area (Å²) in [5, 5.41) is 18.6. The number of phenolic OH excluding ortho intramolecular Hbond substituents is 1. The summed E-state index contributed by atoms with van der Waals surface area (Å²) < 4.78 is 0. The van der Waals surface area contributed by atoms with E-state index in [-0.39, 0.29) is 29.5 Å². The number of amides is 1. The van der Waals surface area contributed by atoms with Gasteiger partial charge in [-0.2, -0.15) is 5.10 Å². The van der Waals surface area contributed by atoms with Gasteiger partial charge in [-0.05, 0) is 66.2 Å². The number of rotatable bonds is 8. The van der Waals surface area contributed by atoms with Gasteiger partial charge in [0.05, 0.1) is 12.4 Å². The topological polar surface area (TPSA) is 93.2 Å². The van der Waals surface area contributed by atoms with Crippen molar-refractivity contribution in [2.45, 2.75) is 6.16 Å². The smallest absolute Gasteiger partial charge is 0.271 e. The zero-order valence-electron chi connectivity index (χ0n) is 21.7. The number of benzene rings is 5. The van der Waals surface area contributed by atoms with Gasteiger partial charge in [-0.1, -0.05) is 78.9 Å². The van der Waals surface area contributed by atoms with E-state index in [4.69, 9.17) is 0 Å². The number of carbonyl (C=O) groups excluding carboxylic acids is 1. The number of hydrogen-bond acceptors (Lipinski definition) is 3. The van der Waals surface area contributed by atoms with Gasteiger partial charge in [0, 0.05) is 11.1 Å². The second-order valence-corrected chi connectivity index (χ2v) is 12.4. The summed E-state index contributed by atoms with van der Waals surface area (Å²) in [5.41, 5.74) is 4.68. The second-order valence-electron chi connectivity index (χ2n) is 8.93. The van der Waals surface area contributed by atoms with Crippen molar-refractivity contribution in [1.29, 1.82) is 0 Å². The fourth-order valence-electron chi connectivity index (χ4n) is 4.66. The Morgan fingerprint density at radius 2 is 1.15 bits per heavy atom. The van der Waals surface area contributed by atoms with Crippen LogP contribution in [0.15, 0.2) is 145 Å². The first kappa shape index (κ1) is 30.3. The van der Waals surface area contributed by atoms with Gasteiger partial charge < -0.3 is 23.0 Å². The SMILES string of the molecule is O.O=C(N/N=C/c1cc(C[P+](c2ccccc2)(c2ccccc2)c2ccccc2)ccc1O)c1ccccc1.[Cl-]. The molecule has 0 radical (unpaired) electrons. The first-order valence-corrected chi connectivity index (χ1v) is 14.4. The zero-order chi connectivity index (χ0) is 26.2. The number of aromatic hydroxyl groups is 1. The van der Waals surface area contributed by atoms with Gasteiger partial charge >= 0.3 is 0 Å². The van der Waals surface area contributed by atoms with Gasteiger partial charge in [-0.15, -0.1) is 0 Å². The molecule has 5 aromatic carbocycles. The molecule has 0 heterocycles. The van der Waals surface area contributed by atoms with Crippen molar-refractivity contribution in [2.75, 3.05) is 0 Å². The summed E-state index contributed by atoms with van der Waals surface area (Å²) in [6, 6.07) is 46.6. The molecule has 4 N–H and O–H groups in total. The Morgan fingerprint density at radius 3 is 1.62 bits per heavy atom. The largest absolute Gasteiger partial charge is 1.00 e. The number of hydrazone groups is 1. The van der Waals surface area contributed by atoms with Crippen LogP contribution in [0.2, 0.25) is 0 Å². The van der Waals surface area contributed by atoms with Crippen molar-refractivity contribution in [2.24, 2.45) is 5.10 Å². The molecule has 0 aliphatic rings. The summed E-state index contributed by atoms with van der Waals surface area (Å²) in [5.74, 6) is -0.200. The molecule has 5 rings (SSSR count). The van der Waals surface area contributed by atoms with Crippen LogP contribution >= 0.6 is 7.26 Å². The van der Waals surface area contributed by atoms with Crippen LogP contribution in [0.25, 0.3) is 0 Å². The summed E-state index contributed by atoms with van der Waals surface area (Å²) >= 11 is 0. The highest BCUT2D eigenvalue weighted by atomic mass is 35.5. The normalized spacial score (nSPS) is 10.8. The van der Waals surface area contributed by atoms with E-state index in [1.165, 1.54) is 22.1 Å². The lowest BCUT2D eigenvalue weighted by atomic mass is 10.1. The van der Waals surface area contributed by atoms with Gasteiger partial charge in [0.1, 0.15) is 28.9 Å². The molecule has 0 saturated carbocycles. The minimum atomic E-state index is -2.09. The highest BCUT2D eigenvalue weighted by Crippen LogP contribution is 2.58. The van der Waals surface area contributed by atoms with Gasteiger partial charge in [-0.25, -0.2) is 5.43 Å². The number of halogens is 1. The van der Waals surface area contributed by atoms with Gasteiger partial charge in [-0.3, -0.25) is 4.79 Å². The van der Waals surface area contributed by atoms with E-state index in [1.807, 2.05) is 36.4 Å². The molecular weight excluding hydrogens is 539 g/mol. The van der Waals surface area contributed by atoms with E-state index in [0.29, 0.717) is 11.1 Å². The first-order valence-electron chi connectivity index (χ1n) is 12.4. The Morgan fingerprint density at radius 1 is 0.700 bits per heavy atom. The molecule has 0 aromatic heterocycles. The molecular formula is C33H30ClN2O3P. The van der Waals surface area contributed by atoms with E-state index in [2.05, 4.69) is 83.3 Å². The Labute approximate surface area is 241 Å². The zero-order valence-corrected chi connectivity index (χ0v) is 23.3. The lowest BCUT2D eigenvalue weighted by Gasteiger charge is -2.28. The second kappa shape index (κ2) is 14.2. The summed E-state index contributed by atoms with van der Waals surface area (Å²) in [4.78, 5) is 12.4. The molecule has 0 aliphatic heterocycles. The maximum atomic E-state index is 12.4. The lowest BCUT2D eigenvalue weighted by molar-refractivity contribution is -0.0000177. The standard InChI is InChI=1S/C33H27N2O2P.ClH.H2O/c36-32-22-21-26(23-28(32)24-34-35-33(37)27-13-5-1-6-14-27)25-38(29-15-7-2-8-16-29,30-17-9-3-10-18-30)31-19-11-4-12-20-31;;/h1-24H,25H2,(H-,34,35,36,37);1H;1H2. The van der Waals surface area contributed by atoms with Crippen LogP contribution < -0.4 is 33.7 Å². The first-order chi connectivity index (χ1) is 18.7. The average molecular weight is 569 g/mol. The molecule has 0 spiro atoms. The molecule has 0 aliphatic carbocycles. The molecule has 0 bridgehead atoms. The molecule has 0 saturated heterocycles. The molecule has 202 valence electrons. The average Bonchev–Trinajstić information content (AvgIpc) is 2.99. The van der Waals surface area contributed by atoms with Crippen molar-refractivity contribution in [3.63, 3.8) is 0 Å². The van der Waals surface area contributed by atoms with Crippen molar-refractivity contribution in [3.8, 4) is 5.75 Å². The quantitative estimate of drug-likeness (QED) is 0.170. The van der Waals surface area contributed by atoms with Crippen LogP contribution in [-0.2, 0) is 6.16 Å². The van der Waals surface area contributed by atoms with Crippen molar-refractivity contribution in [3.05, 3.63) is 156 Å². The third-order valence-electron chi connectivity index (χ3n) is 6.51. The minimum Gasteiger partial charge on any atom is -1.00 e. The van der Waals surface area contributed by atoms with E-state index in [1.54, 1.807) is 30.3 Å². The Balaban J connectivity index is 0.00000220. The highest BCUT2D eigenvalue weighted by molar-refractivity contribution is 7.95. The van der Waals surface area contributed by atoms with Crippen LogP contribution in [0.3, 0.4) is 0 Å². The molecule has 1 amide bonds. The predicted octanol–water partition coefficient (Wildman–Crippen LogP) is 1.83. The number of phenols is 1. The fraction of sp³-hybridized carbons (Fsp3) is 0.0303. The number of hydrogen-bond donors (Lipinski definition) is 2. The number of nitrogens with zero attached hydrogens (tertiary/aromatic N) is 1. The summed E-state index contributed by atoms with van der Waals surface area (Å²) in [6.45, 7) is 0. The van der Waals surface area contributed by atoms with Gasteiger partial charge in [0.15, 0.2) is 0 Å². The minimum absolute atomic E-state index is 0. The monoisotopic (exact) mass is 568 g/mol. The highest BCUT2D eigenvalue weighted by Gasteiger charge is 2.45. The molecule has 5 nitrogen and oxygen atoms in total. The van der Waals surface area contributed by atoms with E-state index >= 15 is 0 Å². The number of carbonyl (C=O) groups is 1. The maximum Gasteiger partial charge on any atom is 0.271 e. The Bertz CT molecular complexity index is 1440. The van der Waals surface area contributed by atoms with E-state index in [9.17, 15) is 9.90 Å². The number of nitrogens with one attached hydrogen (secondary N) is 1. The maximum absolute atomic E-state index is 12.4. The fourth-order valence-corrected chi connectivity index (χ4v) is 8.89.